The maximum Gasteiger partial charge on any atom is 0.329 e. The Kier molecular flexibility index (Phi) is 5.17. The summed E-state index contributed by atoms with van der Waals surface area (Å²) in [7, 11) is 0. The maximum atomic E-state index is 12.6. The number of carbonyl (C=O) groups excluding carboxylic acids is 3. The lowest BCUT2D eigenvalue weighted by Gasteiger charge is -2.21. The molecule has 2 fully saturated rings. The average molecular weight is 397 g/mol. The molecule has 29 heavy (non-hydrogen) atoms. The SMILES string of the molecule is Cc1ccc(-c2noc(COC(=O)[C@H](C)N3C(=O)[C@@H]4CCCC[C@H]4C3=O)n2)cc1. The van der Waals surface area contributed by atoms with Gasteiger partial charge < -0.3 is 9.26 Å². The molecular formula is C21H23N3O5. The fourth-order valence-electron chi connectivity index (χ4n) is 4.06. The molecule has 2 heterocycles. The number of fused-ring (bicyclic) bond motifs is 1. The van der Waals surface area contributed by atoms with Crippen molar-refractivity contribution in [3.05, 3.63) is 35.7 Å². The Labute approximate surface area is 168 Å². The van der Waals surface area contributed by atoms with Gasteiger partial charge >= 0.3 is 5.97 Å². The van der Waals surface area contributed by atoms with Crippen molar-refractivity contribution in [1.29, 1.82) is 0 Å². The zero-order valence-electron chi connectivity index (χ0n) is 16.5. The second-order valence-electron chi connectivity index (χ2n) is 7.71. The van der Waals surface area contributed by atoms with E-state index >= 15 is 0 Å². The summed E-state index contributed by atoms with van der Waals surface area (Å²) in [6.45, 7) is 3.28. The lowest BCUT2D eigenvalue weighted by Crippen LogP contribution is -2.44. The standard InChI is InChI=1S/C21H23N3O5/c1-12-7-9-14(10-8-12)18-22-17(29-23-18)11-28-21(27)13(2)24-19(25)15-5-3-4-6-16(15)20(24)26/h7-10,13,15-16H,3-6,11H2,1-2H3/t13-,15+,16+/m0/s1. The first-order valence-corrected chi connectivity index (χ1v) is 9.89. The van der Waals surface area contributed by atoms with Crippen LogP contribution in [0.2, 0.25) is 0 Å². The number of nitrogens with zero attached hydrogens (tertiary/aromatic N) is 3. The number of imide groups is 1. The highest BCUT2D eigenvalue weighted by Crippen LogP contribution is 2.38. The molecule has 0 bridgehead atoms. The van der Waals surface area contributed by atoms with Gasteiger partial charge in [0.2, 0.25) is 17.6 Å². The minimum Gasteiger partial charge on any atom is -0.454 e. The molecule has 1 aliphatic heterocycles. The molecule has 8 nitrogen and oxygen atoms in total. The van der Waals surface area contributed by atoms with E-state index in [1.807, 2.05) is 31.2 Å². The molecule has 0 spiro atoms. The van der Waals surface area contributed by atoms with Crippen LogP contribution in [-0.4, -0.2) is 38.9 Å². The van der Waals surface area contributed by atoms with Crippen molar-refractivity contribution >= 4 is 17.8 Å². The van der Waals surface area contributed by atoms with Crippen LogP contribution in [0.25, 0.3) is 11.4 Å². The van der Waals surface area contributed by atoms with Gasteiger partial charge in [0.15, 0.2) is 6.61 Å². The monoisotopic (exact) mass is 397 g/mol. The molecule has 1 saturated carbocycles. The van der Waals surface area contributed by atoms with Gasteiger partial charge in [-0.3, -0.25) is 14.5 Å². The van der Waals surface area contributed by atoms with Crippen molar-refractivity contribution in [3.63, 3.8) is 0 Å². The molecule has 2 amide bonds. The lowest BCUT2D eigenvalue weighted by molar-refractivity contribution is -0.159. The molecule has 0 radical (unpaired) electrons. The van der Waals surface area contributed by atoms with Gasteiger partial charge in [0.05, 0.1) is 11.8 Å². The number of amides is 2. The number of ether oxygens (including phenoxy) is 1. The summed E-state index contributed by atoms with van der Waals surface area (Å²) < 4.78 is 10.4. The molecule has 1 aliphatic carbocycles. The van der Waals surface area contributed by atoms with Crippen molar-refractivity contribution in [1.82, 2.24) is 15.0 Å². The van der Waals surface area contributed by atoms with E-state index in [-0.39, 0.29) is 36.1 Å². The van der Waals surface area contributed by atoms with Crippen LogP contribution in [-0.2, 0) is 25.7 Å². The highest BCUT2D eigenvalue weighted by atomic mass is 16.6. The van der Waals surface area contributed by atoms with Crippen LogP contribution >= 0.6 is 0 Å². The number of aryl methyl sites for hydroxylation is 1. The molecule has 1 aromatic carbocycles. The van der Waals surface area contributed by atoms with Crippen molar-refractivity contribution in [3.8, 4) is 11.4 Å². The van der Waals surface area contributed by atoms with Crippen LogP contribution in [0, 0.1) is 18.8 Å². The Bertz CT molecular complexity index is 912. The molecule has 0 unspecified atom stereocenters. The molecule has 152 valence electrons. The van der Waals surface area contributed by atoms with Crippen molar-refractivity contribution < 1.29 is 23.6 Å². The van der Waals surface area contributed by atoms with Crippen LogP contribution in [0.15, 0.2) is 28.8 Å². The van der Waals surface area contributed by atoms with E-state index in [0.29, 0.717) is 18.7 Å². The van der Waals surface area contributed by atoms with E-state index in [1.165, 1.54) is 6.92 Å². The number of hydrogen-bond acceptors (Lipinski definition) is 7. The Balaban J connectivity index is 1.38. The normalized spacial score (nSPS) is 22.5. The smallest absolute Gasteiger partial charge is 0.329 e. The highest BCUT2D eigenvalue weighted by molar-refractivity contribution is 6.07. The third kappa shape index (κ3) is 3.66. The number of benzene rings is 1. The number of carbonyl (C=O) groups is 3. The first-order chi connectivity index (χ1) is 14.0. The number of likely N-dealkylation sites (tertiary alicyclic amines) is 1. The van der Waals surface area contributed by atoms with Gasteiger partial charge in [-0.1, -0.05) is 47.8 Å². The predicted octanol–water partition coefficient (Wildman–Crippen LogP) is 2.65. The summed E-state index contributed by atoms with van der Waals surface area (Å²) in [4.78, 5) is 43.0. The van der Waals surface area contributed by atoms with Gasteiger partial charge in [0.1, 0.15) is 6.04 Å². The molecule has 2 aliphatic rings. The van der Waals surface area contributed by atoms with Crippen molar-refractivity contribution in [2.24, 2.45) is 11.8 Å². The number of aromatic nitrogens is 2. The fourth-order valence-corrected chi connectivity index (χ4v) is 4.06. The van der Waals surface area contributed by atoms with Crippen LogP contribution in [0.5, 0.6) is 0 Å². The maximum absolute atomic E-state index is 12.6. The van der Waals surface area contributed by atoms with E-state index in [1.54, 1.807) is 0 Å². The summed E-state index contributed by atoms with van der Waals surface area (Å²) >= 11 is 0. The van der Waals surface area contributed by atoms with E-state index in [2.05, 4.69) is 10.1 Å². The highest BCUT2D eigenvalue weighted by Gasteiger charge is 2.51. The first kappa shape index (κ1) is 19.3. The van der Waals surface area contributed by atoms with Crippen LogP contribution in [0.1, 0.15) is 44.1 Å². The second-order valence-corrected chi connectivity index (χ2v) is 7.71. The van der Waals surface area contributed by atoms with Crippen LogP contribution in [0.3, 0.4) is 0 Å². The average Bonchev–Trinajstić information content (AvgIpc) is 3.30. The largest absolute Gasteiger partial charge is 0.454 e. The zero-order valence-corrected chi connectivity index (χ0v) is 16.5. The van der Waals surface area contributed by atoms with Crippen molar-refractivity contribution in [2.45, 2.75) is 52.2 Å². The van der Waals surface area contributed by atoms with E-state index in [9.17, 15) is 14.4 Å². The molecule has 1 saturated heterocycles. The molecule has 3 atom stereocenters. The van der Waals surface area contributed by atoms with Gasteiger partial charge in [0, 0.05) is 5.56 Å². The Hall–Kier alpha value is -3.03. The van der Waals surface area contributed by atoms with Gasteiger partial charge in [-0.05, 0) is 26.7 Å². The molecule has 1 aromatic heterocycles. The minimum absolute atomic E-state index is 0.147. The van der Waals surface area contributed by atoms with Gasteiger partial charge in [-0.15, -0.1) is 0 Å². The van der Waals surface area contributed by atoms with Crippen LogP contribution < -0.4 is 0 Å². The number of esters is 1. The van der Waals surface area contributed by atoms with Gasteiger partial charge in [0.25, 0.3) is 5.89 Å². The van der Waals surface area contributed by atoms with Gasteiger partial charge in [-0.2, -0.15) is 4.98 Å². The van der Waals surface area contributed by atoms with E-state index in [4.69, 9.17) is 9.26 Å². The Morgan fingerprint density at radius 1 is 1.17 bits per heavy atom. The second kappa shape index (κ2) is 7.77. The molecular weight excluding hydrogens is 374 g/mol. The summed E-state index contributed by atoms with van der Waals surface area (Å²) in [5, 5.41) is 3.89. The summed E-state index contributed by atoms with van der Waals surface area (Å²) in [6, 6.07) is 6.66. The Morgan fingerprint density at radius 3 is 2.41 bits per heavy atom. The van der Waals surface area contributed by atoms with Gasteiger partial charge in [-0.25, -0.2) is 4.79 Å². The molecule has 4 rings (SSSR count). The molecule has 2 aromatic rings. The third-order valence-corrected chi connectivity index (χ3v) is 5.72. The number of hydrogen-bond donors (Lipinski definition) is 0. The zero-order chi connectivity index (χ0) is 20.5. The van der Waals surface area contributed by atoms with E-state index in [0.717, 1.165) is 28.9 Å². The van der Waals surface area contributed by atoms with Crippen molar-refractivity contribution in [2.75, 3.05) is 0 Å². The summed E-state index contributed by atoms with van der Waals surface area (Å²) in [5.41, 5.74) is 1.91. The molecule has 0 N–H and O–H groups in total. The quantitative estimate of drug-likeness (QED) is 0.564. The summed E-state index contributed by atoms with van der Waals surface area (Å²) in [6.07, 6.45) is 3.29. The van der Waals surface area contributed by atoms with Crippen LogP contribution in [0.4, 0.5) is 0 Å². The minimum atomic E-state index is -0.972. The lowest BCUT2D eigenvalue weighted by atomic mass is 9.81. The summed E-state index contributed by atoms with van der Waals surface area (Å²) in [5.74, 6) is -1.22. The number of rotatable bonds is 5. The fraction of sp³-hybridized carbons (Fsp3) is 0.476. The Morgan fingerprint density at radius 2 is 1.79 bits per heavy atom. The van der Waals surface area contributed by atoms with E-state index < -0.39 is 12.0 Å². The predicted molar refractivity (Wildman–Crippen MR) is 101 cm³/mol. The third-order valence-electron chi connectivity index (χ3n) is 5.72. The topological polar surface area (TPSA) is 103 Å². The molecule has 8 heteroatoms. The first-order valence-electron chi connectivity index (χ1n) is 9.89.